The van der Waals surface area contributed by atoms with E-state index in [1.54, 1.807) is 0 Å². The van der Waals surface area contributed by atoms with Crippen molar-refractivity contribution in [3.8, 4) is 0 Å². The Labute approximate surface area is 99.5 Å². The van der Waals surface area contributed by atoms with Crippen molar-refractivity contribution in [3.63, 3.8) is 0 Å². The molecular weight excluding hydrogens is 200 g/mol. The SMILES string of the molecule is CC1CCC(CN2CCNC(C(C)C)C2)O1. The molecule has 0 aliphatic carbocycles. The highest BCUT2D eigenvalue weighted by atomic mass is 16.5. The van der Waals surface area contributed by atoms with Crippen LogP contribution in [0.3, 0.4) is 0 Å². The summed E-state index contributed by atoms with van der Waals surface area (Å²) in [5, 5.41) is 3.60. The maximum atomic E-state index is 5.90. The number of hydrogen-bond acceptors (Lipinski definition) is 3. The number of rotatable bonds is 3. The Morgan fingerprint density at radius 1 is 1.38 bits per heavy atom. The van der Waals surface area contributed by atoms with Crippen molar-refractivity contribution in [2.24, 2.45) is 5.92 Å². The van der Waals surface area contributed by atoms with Gasteiger partial charge in [0.1, 0.15) is 0 Å². The molecule has 1 N–H and O–H groups in total. The smallest absolute Gasteiger partial charge is 0.0706 e. The molecule has 0 aromatic rings. The lowest BCUT2D eigenvalue weighted by molar-refractivity contribution is 0.0234. The minimum atomic E-state index is 0.480. The van der Waals surface area contributed by atoms with Gasteiger partial charge in [-0.25, -0.2) is 0 Å². The third-order valence-electron chi connectivity index (χ3n) is 3.88. The monoisotopic (exact) mass is 226 g/mol. The van der Waals surface area contributed by atoms with Crippen LogP contribution in [0, 0.1) is 5.92 Å². The predicted molar refractivity (Wildman–Crippen MR) is 66.6 cm³/mol. The Balaban J connectivity index is 1.77. The molecule has 3 nitrogen and oxygen atoms in total. The molecule has 2 rings (SSSR count). The van der Waals surface area contributed by atoms with Crippen molar-refractivity contribution in [2.45, 2.75) is 51.9 Å². The van der Waals surface area contributed by atoms with E-state index in [0.29, 0.717) is 18.2 Å². The minimum Gasteiger partial charge on any atom is -0.374 e. The highest BCUT2D eigenvalue weighted by Crippen LogP contribution is 2.20. The molecular formula is C13H26N2O. The van der Waals surface area contributed by atoms with Gasteiger partial charge in [0.2, 0.25) is 0 Å². The summed E-state index contributed by atoms with van der Waals surface area (Å²) < 4.78 is 5.90. The van der Waals surface area contributed by atoms with Gasteiger partial charge in [-0.1, -0.05) is 13.8 Å². The van der Waals surface area contributed by atoms with E-state index in [9.17, 15) is 0 Å². The second kappa shape index (κ2) is 5.48. The first-order valence-corrected chi connectivity index (χ1v) is 6.76. The number of hydrogen-bond donors (Lipinski definition) is 1. The second-order valence-corrected chi connectivity index (χ2v) is 5.71. The summed E-state index contributed by atoms with van der Waals surface area (Å²) in [6.45, 7) is 11.4. The van der Waals surface area contributed by atoms with Crippen molar-refractivity contribution in [3.05, 3.63) is 0 Å². The molecule has 2 aliphatic rings. The van der Waals surface area contributed by atoms with Crippen LogP contribution in [0.1, 0.15) is 33.6 Å². The molecule has 0 amide bonds. The number of nitrogens with zero attached hydrogens (tertiary/aromatic N) is 1. The molecule has 3 atom stereocenters. The predicted octanol–water partition coefficient (Wildman–Crippen LogP) is 1.48. The van der Waals surface area contributed by atoms with Gasteiger partial charge in [0, 0.05) is 32.2 Å². The summed E-state index contributed by atoms with van der Waals surface area (Å²) in [6, 6.07) is 0.660. The van der Waals surface area contributed by atoms with E-state index < -0.39 is 0 Å². The average molecular weight is 226 g/mol. The highest BCUT2D eigenvalue weighted by molar-refractivity contribution is 4.83. The van der Waals surface area contributed by atoms with E-state index in [2.05, 4.69) is 31.0 Å². The van der Waals surface area contributed by atoms with Crippen LogP contribution < -0.4 is 5.32 Å². The molecule has 94 valence electrons. The Hall–Kier alpha value is -0.120. The van der Waals surface area contributed by atoms with Gasteiger partial charge in [-0.3, -0.25) is 4.90 Å². The third-order valence-corrected chi connectivity index (χ3v) is 3.88. The van der Waals surface area contributed by atoms with Gasteiger partial charge < -0.3 is 10.1 Å². The van der Waals surface area contributed by atoms with Gasteiger partial charge in [-0.05, 0) is 25.7 Å². The van der Waals surface area contributed by atoms with E-state index in [4.69, 9.17) is 4.74 Å². The molecule has 0 bridgehead atoms. The molecule has 0 spiro atoms. The largest absolute Gasteiger partial charge is 0.374 e. The summed E-state index contributed by atoms with van der Waals surface area (Å²) in [6.07, 6.45) is 3.46. The minimum absolute atomic E-state index is 0.480. The Kier molecular flexibility index (Phi) is 4.22. The Morgan fingerprint density at radius 3 is 2.81 bits per heavy atom. The fourth-order valence-corrected chi connectivity index (χ4v) is 2.76. The van der Waals surface area contributed by atoms with Crippen LogP contribution in [0.15, 0.2) is 0 Å². The molecule has 0 aromatic carbocycles. The molecule has 0 saturated carbocycles. The first-order chi connectivity index (χ1) is 7.65. The van der Waals surface area contributed by atoms with Gasteiger partial charge in [0.15, 0.2) is 0 Å². The van der Waals surface area contributed by atoms with Gasteiger partial charge in [0.05, 0.1) is 12.2 Å². The third kappa shape index (κ3) is 3.19. The van der Waals surface area contributed by atoms with Crippen molar-refractivity contribution in [2.75, 3.05) is 26.2 Å². The first-order valence-electron chi connectivity index (χ1n) is 6.76. The number of nitrogens with one attached hydrogen (secondary N) is 1. The molecule has 2 saturated heterocycles. The number of piperazine rings is 1. The molecule has 3 unspecified atom stereocenters. The topological polar surface area (TPSA) is 24.5 Å². The maximum absolute atomic E-state index is 5.90. The summed E-state index contributed by atoms with van der Waals surface area (Å²) in [5.74, 6) is 0.728. The van der Waals surface area contributed by atoms with Crippen LogP contribution in [0.25, 0.3) is 0 Å². The standard InChI is InChI=1S/C13H26N2O/c1-10(2)13-9-15(7-6-14-13)8-12-5-4-11(3)16-12/h10-14H,4-9H2,1-3H3. The summed E-state index contributed by atoms with van der Waals surface area (Å²) in [7, 11) is 0. The van der Waals surface area contributed by atoms with E-state index in [1.165, 1.54) is 25.9 Å². The molecule has 2 heterocycles. The normalized spacial score (nSPS) is 37.1. The molecule has 3 heteroatoms. The zero-order valence-electron chi connectivity index (χ0n) is 10.9. The van der Waals surface area contributed by atoms with Crippen LogP contribution in [0.2, 0.25) is 0 Å². The summed E-state index contributed by atoms with van der Waals surface area (Å²) in [4.78, 5) is 2.57. The second-order valence-electron chi connectivity index (χ2n) is 5.71. The lowest BCUT2D eigenvalue weighted by Crippen LogP contribution is -2.54. The first kappa shape index (κ1) is 12.3. The lowest BCUT2D eigenvalue weighted by Gasteiger charge is -2.36. The van der Waals surface area contributed by atoms with Gasteiger partial charge >= 0.3 is 0 Å². The number of ether oxygens (including phenoxy) is 1. The van der Waals surface area contributed by atoms with E-state index in [1.807, 2.05) is 0 Å². The van der Waals surface area contributed by atoms with Gasteiger partial charge in [0.25, 0.3) is 0 Å². The molecule has 16 heavy (non-hydrogen) atoms. The fourth-order valence-electron chi connectivity index (χ4n) is 2.76. The van der Waals surface area contributed by atoms with Crippen LogP contribution in [-0.4, -0.2) is 49.3 Å². The van der Waals surface area contributed by atoms with Crippen LogP contribution in [-0.2, 0) is 4.74 Å². The van der Waals surface area contributed by atoms with E-state index >= 15 is 0 Å². The van der Waals surface area contributed by atoms with E-state index in [0.717, 1.165) is 19.0 Å². The van der Waals surface area contributed by atoms with Crippen LogP contribution >= 0.6 is 0 Å². The maximum Gasteiger partial charge on any atom is 0.0706 e. The lowest BCUT2D eigenvalue weighted by atomic mass is 10.0. The fraction of sp³-hybridized carbons (Fsp3) is 1.00. The molecule has 0 aromatic heterocycles. The zero-order valence-corrected chi connectivity index (χ0v) is 10.9. The summed E-state index contributed by atoms with van der Waals surface area (Å²) >= 11 is 0. The Morgan fingerprint density at radius 2 is 2.19 bits per heavy atom. The summed E-state index contributed by atoms with van der Waals surface area (Å²) in [5.41, 5.74) is 0. The average Bonchev–Trinajstić information content (AvgIpc) is 2.64. The quantitative estimate of drug-likeness (QED) is 0.789. The molecule has 2 fully saturated rings. The van der Waals surface area contributed by atoms with E-state index in [-0.39, 0.29) is 0 Å². The van der Waals surface area contributed by atoms with Crippen molar-refractivity contribution in [1.29, 1.82) is 0 Å². The van der Waals surface area contributed by atoms with Crippen molar-refractivity contribution >= 4 is 0 Å². The van der Waals surface area contributed by atoms with Crippen LogP contribution in [0.5, 0.6) is 0 Å². The molecule has 2 aliphatic heterocycles. The van der Waals surface area contributed by atoms with Crippen molar-refractivity contribution < 1.29 is 4.74 Å². The zero-order chi connectivity index (χ0) is 11.5. The van der Waals surface area contributed by atoms with Gasteiger partial charge in [-0.15, -0.1) is 0 Å². The highest BCUT2D eigenvalue weighted by Gasteiger charge is 2.27. The Bertz CT molecular complexity index is 220. The van der Waals surface area contributed by atoms with Crippen molar-refractivity contribution in [1.82, 2.24) is 10.2 Å². The molecule has 0 radical (unpaired) electrons. The van der Waals surface area contributed by atoms with Gasteiger partial charge in [-0.2, -0.15) is 0 Å². The van der Waals surface area contributed by atoms with Crippen LogP contribution in [0.4, 0.5) is 0 Å².